The molecule has 0 aliphatic rings. The van der Waals surface area contributed by atoms with Gasteiger partial charge in [0.05, 0.1) is 12.5 Å². The molecule has 1 unspecified atom stereocenters. The number of hydrogen-bond acceptors (Lipinski definition) is 6. The van der Waals surface area contributed by atoms with Crippen LogP contribution in [0, 0.1) is 5.92 Å². The second-order valence-electron chi connectivity index (χ2n) is 3.87. The molecule has 0 aromatic carbocycles. The van der Waals surface area contributed by atoms with Gasteiger partial charge in [0.1, 0.15) is 6.29 Å². The molecule has 0 aromatic heterocycles. The Kier molecular flexibility index (Phi) is 8.81. The lowest BCUT2D eigenvalue weighted by Crippen LogP contribution is -2.42. The van der Waals surface area contributed by atoms with Crippen molar-refractivity contribution in [2.45, 2.75) is 25.8 Å². The smallest absolute Gasteiger partial charge is 0.465 e. The highest BCUT2D eigenvalue weighted by atomic mass is 28.4. The summed E-state index contributed by atoms with van der Waals surface area (Å²) in [7, 11) is 2.04. The van der Waals surface area contributed by atoms with Gasteiger partial charge in [-0.2, -0.15) is 0 Å². The summed E-state index contributed by atoms with van der Waals surface area (Å²) in [6.45, 7) is 1.93. The fourth-order valence-electron chi connectivity index (χ4n) is 1.40. The Morgan fingerprint density at radius 3 is 2.22 bits per heavy atom. The van der Waals surface area contributed by atoms with Crippen molar-refractivity contribution < 1.29 is 27.6 Å². The lowest BCUT2D eigenvalue weighted by molar-refractivity contribution is -0.148. The van der Waals surface area contributed by atoms with Crippen LogP contribution in [0.5, 0.6) is 0 Å². The van der Waals surface area contributed by atoms with Crippen LogP contribution in [0.2, 0.25) is 6.04 Å². The van der Waals surface area contributed by atoms with Crippen molar-refractivity contribution in [2.24, 2.45) is 5.92 Å². The molecule has 0 amide bonds. The molecule has 0 heterocycles. The number of carbonyl (C=O) groups is 2. The molecule has 106 valence electrons. The number of carbonyl (C=O) groups excluding carboxylic acids is 2. The molecule has 0 aromatic rings. The van der Waals surface area contributed by atoms with E-state index in [1.807, 2.05) is 0 Å². The van der Waals surface area contributed by atoms with E-state index >= 15 is 0 Å². The van der Waals surface area contributed by atoms with E-state index < -0.39 is 14.7 Å². The monoisotopic (exact) mass is 278 g/mol. The topological polar surface area (TPSA) is 71.1 Å². The van der Waals surface area contributed by atoms with E-state index in [9.17, 15) is 9.59 Å². The summed E-state index contributed by atoms with van der Waals surface area (Å²) < 4.78 is 20.8. The molecule has 0 bridgehead atoms. The molecule has 7 heteroatoms. The number of hydrogen-bond donors (Lipinski definition) is 0. The molecule has 0 saturated carbocycles. The van der Waals surface area contributed by atoms with Crippen LogP contribution in [-0.2, 0) is 27.6 Å². The van der Waals surface area contributed by atoms with Crippen molar-refractivity contribution in [1.29, 1.82) is 0 Å². The van der Waals surface area contributed by atoms with Crippen LogP contribution in [0.4, 0.5) is 0 Å². The minimum atomic E-state index is -2.58. The highest BCUT2D eigenvalue weighted by molar-refractivity contribution is 6.60. The quantitative estimate of drug-likeness (QED) is 0.257. The average Bonchev–Trinajstić information content (AvgIpc) is 2.40. The van der Waals surface area contributed by atoms with Gasteiger partial charge in [-0.3, -0.25) is 4.79 Å². The summed E-state index contributed by atoms with van der Waals surface area (Å²) in [6.07, 6.45) is 1.50. The van der Waals surface area contributed by atoms with Crippen LogP contribution in [-0.4, -0.2) is 49.0 Å². The Balaban J connectivity index is 3.91. The van der Waals surface area contributed by atoms with Crippen molar-refractivity contribution in [2.75, 3.05) is 27.9 Å². The molecule has 0 N–H and O–H groups in total. The maximum Gasteiger partial charge on any atom is 0.500 e. The van der Waals surface area contributed by atoms with Gasteiger partial charge in [0, 0.05) is 33.8 Å². The van der Waals surface area contributed by atoms with Gasteiger partial charge in [0.25, 0.3) is 0 Å². The predicted octanol–water partition coefficient (Wildman–Crippen LogP) is 1.02. The van der Waals surface area contributed by atoms with Crippen molar-refractivity contribution in [1.82, 2.24) is 0 Å². The molecule has 0 radical (unpaired) electrons. The summed E-state index contributed by atoms with van der Waals surface area (Å²) in [5.74, 6) is -0.751. The highest BCUT2D eigenvalue weighted by Crippen LogP contribution is 2.15. The fourth-order valence-corrected chi connectivity index (χ4v) is 3.09. The van der Waals surface area contributed by atoms with Gasteiger partial charge in [0.15, 0.2) is 0 Å². The van der Waals surface area contributed by atoms with Gasteiger partial charge in [-0.1, -0.05) is 6.92 Å². The van der Waals surface area contributed by atoms with Crippen molar-refractivity contribution >= 4 is 21.1 Å². The largest absolute Gasteiger partial charge is 0.500 e. The van der Waals surface area contributed by atoms with Crippen molar-refractivity contribution in [3.8, 4) is 0 Å². The molecular formula is C11H22O6Si. The summed E-state index contributed by atoms with van der Waals surface area (Å²) >= 11 is 0. The maximum absolute atomic E-state index is 11.4. The number of aldehydes is 1. The molecule has 0 spiro atoms. The zero-order chi connectivity index (χ0) is 14.0. The van der Waals surface area contributed by atoms with Crippen LogP contribution in [0.15, 0.2) is 0 Å². The second-order valence-corrected chi connectivity index (χ2v) is 6.96. The average molecular weight is 278 g/mol. The summed E-state index contributed by atoms with van der Waals surface area (Å²) in [5, 5.41) is 0. The third-order valence-corrected chi connectivity index (χ3v) is 5.49. The van der Waals surface area contributed by atoms with Crippen LogP contribution in [0.3, 0.4) is 0 Å². The van der Waals surface area contributed by atoms with E-state index in [1.165, 1.54) is 21.3 Å². The lowest BCUT2D eigenvalue weighted by Gasteiger charge is -2.24. The first kappa shape index (κ1) is 17.2. The molecule has 0 saturated heterocycles. The van der Waals surface area contributed by atoms with Gasteiger partial charge in [-0.05, 0) is 6.42 Å². The Morgan fingerprint density at radius 1 is 1.22 bits per heavy atom. The van der Waals surface area contributed by atoms with E-state index in [1.54, 1.807) is 6.92 Å². The molecule has 18 heavy (non-hydrogen) atoms. The van der Waals surface area contributed by atoms with Crippen molar-refractivity contribution in [3.05, 3.63) is 0 Å². The maximum atomic E-state index is 11.4. The summed E-state index contributed by atoms with van der Waals surface area (Å²) in [4.78, 5) is 21.6. The normalized spacial score (nSPS) is 13.1. The van der Waals surface area contributed by atoms with Gasteiger partial charge in [-0.25, -0.2) is 0 Å². The van der Waals surface area contributed by atoms with E-state index in [0.717, 1.165) is 0 Å². The zero-order valence-corrected chi connectivity index (χ0v) is 12.4. The highest BCUT2D eigenvalue weighted by Gasteiger charge is 2.37. The van der Waals surface area contributed by atoms with E-state index in [-0.39, 0.29) is 19.0 Å². The van der Waals surface area contributed by atoms with E-state index in [0.29, 0.717) is 18.8 Å². The SMILES string of the molecule is CO[Si](CCCOC(=O)C(C)CC=O)(OC)OC. The first-order chi connectivity index (χ1) is 8.55. The van der Waals surface area contributed by atoms with Gasteiger partial charge >= 0.3 is 14.8 Å². The second kappa shape index (κ2) is 9.20. The molecule has 6 nitrogen and oxygen atoms in total. The number of ether oxygens (including phenoxy) is 1. The van der Waals surface area contributed by atoms with Gasteiger partial charge in [-0.15, -0.1) is 0 Å². The summed E-state index contributed by atoms with van der Waals surface area (Å²) in [6, 6.07) is 0.575. The molecular weight excluding hydrogens is 256 g/mol. The standard InChI is InChI=1S/C11H22O6Si/c1-10(6-7-12)11(13)17-8-5-9-18(14-2,15-3)16-4/h7,10H,5-6,8-9H2,1-4H3. The molecule has 0 fully saturated rings. The minimum Gasteiger partial charge on any atom is -0.465 e. The molecule has 1 atom stereocenters. The van der Waals surface area contributed by atoms with Gasteiger partial charge in [0.2, 0.25) is 0 Å². The third-order valence-electron chi connectivity index (χ3n) is 2.66. The number of rotatable bonds is 10. The first-order valence-corrected chi connectivity index (χ1v) is 7.74. The first-order valence-electron chi connectivity index (χ1n) is 5.81. The molecule has 0 aliphatic carbocycles. The third kappa shape index (κ3) is 5.72. The molecule has 0 aliphatic heterocycles. The molecule has 0 rings (SSSR count). The predicted molar refractivity (Wildman–Crippen MR) is 67.0 cm³/mol. The van der Waals surface area contributed by atoms with Gasteiger partial charge < -0.3 is 22.8 Å². The van der Waals surface area contributed by atoms with Crippen LogP contribution in [0.1, 0.15) is 19.8 Å². The zero-order valence-electron chi connectivity index (χ0n) is 11.4. The summed E-state index contributed by atoms with van der Waals surface area (Å²) in [5.41, 5.74) is 0. The Labute approximate surface area is 109 Å². The van der Waals surface area contributed by atoms with E-state index in [4.69, 9.17) is 18.0 Å². The lowest BCUT2D eigenvalue weighted by atomic mass is 10.1. The minimum absolute atomic E-state index is 0.186. The van der Waals surface area contributed by atoms with Crippen LogP contribution >= 0.6 is 0 Å². The Bertz CT molecular complexity index is 246. The van der Waals surface area contributed by atoms with Crippen LogP contribution < -0.4 is 0 Å². The van der Waals surface area contributed by atoms with Crippen molar-refractivity contribution in [3.63, 3.8) is 0 Å². The Hall–Kier alpha value is -0.763. The van der Waals surface area contributed by atoms with Crippen LogP contribution in [0.25, 0.3) is 0 Å². The van der Waals surface area contributed by atoms with E-state index in [2.05, 4.69) is 0 Å². The number of esters is 1. The fraction of sp³-hybridized carbons (Fsp3) is 0.818. The Morgan fingerprint density at radius 2 is 1.78 bits per heavy atom.